The van der Waals surface area contributed by atoms with Crippen molar-refractivity contribution in [2.45, 2.75) is 19.1 Å². The summed E-state index contributed by atoms with van der Waals surface area (Å²) in [6.07, 6.45) is -4.57. The van der Waals surface area contributed by atoms with E-state index in [9.17, 15) is 13.2 Å². The number of anilines is 1. The van der Waals surface area contributed by atoms with Crippen molar-refractivity contribution in [2.75, 3.05) is 24.5 Å². The normalized spacial score (nSPS) is 20.6. The predicted molar refractivity (Wildman–Crippen MR) is 65.5 cm³/mol. The van der Waals surface area contributed by atoms with E-state index >= 15 is 0 Å². The molecule has 20 heavy (non-hydrogen) atoms. The topological polar surface area (TPSA) is 58.4 Å². The Balaban J connectivity index is 2.01. The van der Waals surface area contributed by atoms with Gasteiger partial charge in [-0.25, -0.2) is 0 Å². The van der Waals surface area contributed by atoms with Crippen LogP contribution in [-0.2, 0) is 6.18 Å². The Morgan fingerprint density at radius 1 is 1.30 bits per heavy atom. The molecule has 1 fully saturated rings. The van der Waals surface area contributed by atoms with E-state index in [0.717, 1.165) is 11.1 Å². The van der Waals surface area contributed by atoms with E-state index in [0.29, 0.717) is 18.9 Å². The molecule has 0 radical (unpaired) electrons. The molecule has 2 aromatic rings. The summed E-state index contributed by atoms with van der Waals surface area (Å²) in [5, 5.41) is 13.9. The molecule has 3 heterocycles. The van der Waals surface area contributed by atoms with Crippen LogP contribution in [0.25, 0.3) is 5.65 Å². The van der Waals surface area contributed by atoms with E-state index < -0.39 is 12.0 Å². The molecule has 1 aliphatic heterocycles. The number of alkyl halides is 3. The highest BCUT2D eigenvalue weighted by molar-refractivity contribution is 5.46. The molecular weight excluding hydrogens is 273 g/mol. The Morgan fingerprint density at radius 3 is 2.80 bits per heavy atom. The zero-order valence-electron chi connectivity index (χ0n) is 10.7. The SMILES string of the molecule is C[C@H]1CN(c2ccc3nnc(C(F)(F)F)n3n2)CCN1. The Morgan fingerprint density at radius 2 is 2.10 bits per heavy atom. The maximum atomic E-state index is 12.8. The highest BCUT2D eigenvalue weighted by atomic mass is 19.4. The molecule has 9 heteroatoms. The largest absolute Gasteiger partial charge is 0.453 e. The molecule has 6 nitrogen and oxygen atoms in total. The van der Waals surface area contributed by atoms with Crippen LogP contribution in [0, 0.1) is 0 Å². The van der Waals surface area contributed by atoms with Crippen molar-refractivity contribution in [3.63, 3.8) is 0 Å². The minimum atomic E-state index is -4.57. The van der Waals surface area contributed by atoms with Gasteiger partial charge in [-0.15, -0.1) is 15.3 Å². The standard InChI is InChI=1S/C11H13F3N6/c1-7-6-19(5-4-15-7)9-3-2-8-16-17-10(11(12,13)14)20(8)18-9/h2-3,7,15H,4-6H2,1H3/t7-/m0/s1. The molecule has 0 aliphatic carbocycles. The van der Waals surface area contributed by atoms with Crippen LogP contribution in [-0.4, -0.2) is 45.5 Å². The van der Waals surface area contributed by atoms with Crippen molar-refractivity contribution in [3.8, 4) is 0 Å². The molecule has 0 unspecified atom stereocenters. The van der Waals surface area contributed by atoms with Crippen molar-refractivity contribution in [1.82, 2.24) is 25.1 Å². The number of nitrogens with one attached hydrogen (secondary N) is 1. The molecule has 1 aliphatic rings. The van der Waals surface area contributed by atoms with E-state index in [2.05, 4.69) is 20.6 Å². The van der Waals surface area contributed by atoms with Crippen LogP contribution in [0.2, 0.25) is 0 Å². The van der Waals surface area contributed by atoms with Crippen molar-refractivity contribution in [1.29, 1.82) is 0 Å². The lowest BCUT2D eigenvalue weighted by atomic mass is 10.2. The number of hydrogen-bond donors (Lipinski definition) is 1. The van der Waals surface area contributed by atoms with Crippen LogP contribution in [0.3, 0.4) is 0 Å². The predicted octanol–water partition coefficient (Wildman–Crippen LogP) is 0.941. The van der Waals surface area contributed by atoms with Gasteiger partial charge in [0, 0.05) is 25.7 Å². The first kappa shape index (κ1) is 13.1. The summed E-state index contributed by atoms with van der Waals surface area (Å²) >= 11 is 0. The van der Waals surface area contributed by atoms with Gasteiger partial charge in [0.15, 0.2) is 5.65 Å². The molecule has 1 saturated heterocycles. The zero-order valence-corrected chi connectivity index (χ0v) is 10.7. The van der Waals surface area contributed by atoms with Crippen molar-refractivity contribution >= 4 is 11.5 Å². The van der Waals surface area contributed by atoms with Gasteiger partial charge in [-0.05, 0) is 19.1 Å². The van der Waals surface area contributed by atoms with Crippen LogP contribution in [0.15, 0.2) is 12.1 Å². The fourth-order valence-electron chi connectivity index (χ4n) is 2.27. The Bertz CT molecular complexity index is 622. The number of rotatable bonds is 1. The van der Waals surface area contributed by atoms with E-state index in [1.165, 1.54) is 6.07 Å². The van der Waals surface area contributed by atoms with Crippen LogP contribution >= 0.6 is 0 Å². The second-order valence-corrected chi connectivity index (χ2v) is 4.78. The Labute approximate surface area is 112 Å². The fraction of sp³-hybridized carbons (Fsp3) is 0.545. The third-order valence-corrected chi connectivity index (χ3v) is 3.20. The number of hydrogen-bond acceptors (Lipinski definition) is 5. The summed E-state index contributed by atoms with van der Waals surface area (Å²) < 4.78 is 39.2. The van der Waals surface area contributed by atoms with Crippen LogP contribution < -0.4 is 10.2 Å². The van der Waals surface area contributed by atoms with Crippen molar-refractivity contribution in [2.24, 2.45) is 0 Å². The first-order chi connectivity index (χ1) is 9.45. The summed E-state index contributed by atoms with van der Waals surface area (Å²) in [6, 6.07) is 3.43. The van der Waals surface area contributed by atoms with E-state index in [1.807, 2.05) is 11.8 Å². The lowest BCUT2D eigenvalue weighted by molar-refractivity contribution is -0.146. The molecule has 0 saturated carbocycles. The molecule has 0 amide bonds. The summed E-state index contributed by atoms with van der Waals surface area (Å²) in [7, 11) is 0. The first-order valence-electron chi connectivity index (χ1n) is 6.23. The van der Waals surface area contributed by atoms with E-state index in [1.54, 1.807) is 6.07 Å². The third kappa shape index (κ3) is 2.28. The zero-order chi connectivity index (χ0) is 14.3. The van der Waals surface area contributed by atoms with E-state index in [4.69, 9.17) is 0 Å². The average Bonchev–Trinajstić information content (AvgIpc) is 2.81. The molecule has 2 aromatic heterocycles. The van der Waals surface area contributed by atoms with Gasteiger partial charge >= 0.3 is 6.18 Å². The lowest BCUT2D eigenvalue weighted by Gasteiger charge is -2.32. The van der Waals surface area contributed by atoms with Crippen LogP contribution in [0.4, 0.5) is 19.0 Å². The van der Waals surface area contributed by atoms with Gasteiger partial charge in [-0.3, -0.25) is 0 Å². The molecule has 0 bridgehead atoms. The number of aromatic nitrogens is 4. The summed E-state index contributed by atoms with van der Waals surface area (Å²) in [6.45, 7) is 4.19. The van der Waals surface area contributed by atoms with Crippen LogP contribution in [0.1, 0.15) is 12.7 Å². The maximum absolute atomic E-state index is 12.8. The highest BCUT2D eigenvalue weighted by Crippen LogP contribution is 2.28. The van der Waals surface area contributed by atoms with Crippen molar-refractivity contribution in [3.05, 3.63) is 18.0 Å². The second-order valence-electron chi connectivity index (χ2n) is 4.78. The number of piperazine rings is 1. The van der Waals surface area contributed by atoms with Gasteiger partial charge in [0.25, 0.3) is 5.82 Å². The second kappa shape index (κ2) is 4.58. The summed E-state index contributed by atoms with van der Waals surface area (Å²) in [5.41, 5.74) is 0.0873. The molecule has 1 N–H and O–H groups in total. The Kier molecular flexibility index (Phi) is 3.00. The average molecular weight is 286 g/mol. The minimum absolute atomic E-state index is 0.0873. The monoisotopic (exact) mass is 286 g/mol. The van der Waals surface area contributed by atoms with E-state index in [-0.39, 0.29) is 11.7 Å². The van der Waals surface area contributed by atoms with Crippen LogP contribution in [0.5, 0.6) is 0 Å². The van der Waals surface area contributed by atoms with Gasteiger partial charge in [0.05, 0.1) is 0 Å². The van der Waals surface area contributed by atoms with Gasteiger partial charge in [0.1, 0.15) is 5.82 Å². The van der Waals surface area contributed by atoms with Crippen molar-refractivity contribution < 1.29 is 13.2 Å². The van der Waals surface area contributed by atoms with Gasteiger partial charge < -0.3 is 10.2 Å². The quantitative estimate of drug-likeness (QED) is 0.845. The molecular formula is C11H13F3N6. The van der Waals surface area contributed by atoms with Gasteiger partial charge in [-0.2, -0.15) is 17.7 Å². The molecule has 3 rings (SSSR count). The third-order valence-electron chi connectivity index (χ3n) is 3.20. The number of fused-ring (bicyclic) bond motifs is 1. The smallest absolute Gasteiger partial charge is 0.352 e. The Hall–Kier alpha value is -1.90. The number of halogens is 3. The minimum Gasteiger partial charge on any atom is -0.352 e. The lowest BCUT2D eigenvalue weighted by Crippen LogP contribution is -2.49. The van der Waals surface area contributed by atoms with Gasteiger partial charge in [-0.1, -0.05) is 0 Å². The molecule has 1 atom stereocenters. The summed E-state index contributed by atoms with van der Waals surface area (Å²) in [5.74, 6) is -0.603. The molecule has 108 valence electrons. The van der Waals surface area contributed by atoms with Gasteiger partial charge in [0.2, 0.25) is 0 Å². The molecule has 0 spiro atoms. The molecule has 0 aromatic carbocycles. The highest BCUT2D eigenvalue weighted by Gasteiger charge is 2.37. The number of nitrogens with zero attached hydrogens (tertiary/aromatic N) is 5. The first-order valence-corrected chi connectivity index (χ1v) is 6.23. The summed E-state index contributed by atoms with van der Waals surface area (Å²) in [4.78, 5) is 1.95. The fourth-order valence-corrected chi connectivity index (χ4v) is 2.27. The maximum Gasteiger partial charge on any atom is 0.453 e.